The Balaban J connectivity index is 2.45. The standard InChI is InChI=1S/C17H14/c1-4-12-8-7-10-14-13-9-5-6-11-15(13)17(2,3)16(12)14/h1,5-11H,2-3H3. The molecule has 0 heterocycles. The van der Waals surface area contributed by atoms with Crippen molar-refractivity contribution in [2.75, 3.05) is 0 Å². The number of benzene rings is 2. The van der Waals surface area contributed by atoms with Gasteiger partial charge in [0.05, 0.1) is 0 Å². The average molecular weight is 218 g/mol. The first kappa shape index (κ1) is 10.2. The third-order valence-electron chi connectivity index (χ3n) is 3.74. The highest BCUT2D eigenvalue weighted by Crippen LogP contribution is 2.49. The van der Waals surface area contributed by atoms with Crippen molar-refractivity contribution in [1.82, 2.24) is 0 Å². The summed E-state index contributed by atoms with van der Waals surface area (Å²) in [5, 5.41) is 0. The zero-order valence-corrected chi connectivity index (χ0v) is 10.1. The predicted octanol–water partition coefficient (Wildman–Crippen LogP) is 3.97. The molecule has 2 aromatic carbocycles. The second-order valence-electron chi connectivity index (χ2n) is 5.04. The van der Waals surface area contributed by atoms with Crippen LogP contribution in [-0.4, -0.2) is 0 Å². The Morgan fingerprint density at radius 3 is 2.41 bits per heavy atom. The third-order valence-corrected chi connectivity index (χ3v) is 3.74. The molecule has 0 amide bonds. The molecule has 0 spiro atoms. The first-order chi connectivity index (χ1) is 8.16. The van der Waals surface area contributed by atoms with Gasteiger partial charge in [0.15, 0.2) is 0 Å². The van der Waals surface area contributed by atoms with Crippen molar-refractivity contribution in [3.8, 4) is 23.5 Å². The lowest BCUT2D eigenvalue weighted by molar-refractivity contribution is 0.658. The summed E-state index contributed by atoms with van der Waals surface area (Å²) in [6.45, 7) is 4.50. The molecule has 82 valence electrons. The number of fused-ring (bicyclic) bond motifs is 3. The number of hydrogen-bond acceptors (Lipinski definition) is 0. The van der Waals surface area contributed by atoms with Crippen LogP contribution in [-0.2, 0) is 5.41 Å². The van der Waals surface area contributed by atoms with Gasteiger partial charge in [0.2, 0.25) is 0 Å². The van der Waals surface area contributed by atoms with E-state index in [9.17, 15) is 0 Å². The quantitative estimate of drug-likeness (QED) is 0.587. The van der Waals surface area contributed by atoms with Gasteiger partial charge >= 0.3 is 0 Å². The first-order valence-corrected chi connectivity index (χ1v) is 5.86. The molecule has 0 unspecified atom stereocenters. The molecule has 1 aliphatic rings. The van der Waals surface area contributed by atoms with Crippen LogP contribution < -0.4 is 0 Å². The van der Waals surface area contributed by atoms with Crippen molar-refractivity contribution in [2.24, 2.45) is 0 Å². The van der Waals surface area contributed by atoms with Gasteiger partial charge in [0, 0.05) is 11.0 Å². The second-order valence-corrected chi connectivity index (χ2v) is 5.04. The fourth-order valence-electron chi connectivity index (χ4n) is 2.97. The molecule has 0 N–H and O–H groups in total. The summed E-state index contributed by atoms with van der Waals surface area (Å²) in [4.78, 5) is 0. The Labute approximate surface area is 102 Å². The summed E-state index contributed by atoms with van der Waals surface area (Å²) < 4.78 is 0. The van der Waals surface area contributed by atoms with Gasteiger partial charge in [-0.05, 0) is 28.3 Å². The van der Waals surface area contributed by atoms with Crippen molar-refractivity contribution in [2.45, 2.75) is 19.3 Å². The summed E-state index contributed by atoms with van der Waals surface area (Å²) in [5.74, 6) is 2.82. The van der Waals surface area contributed by atoms with Crippen molar-refractivity contribution in [3.05, 3.63) is 59.2 Å². The first-order valence-electron chi connectivity index (χ1n) is 5.86. The summed E-state index contributed by atoms with van der Waals surface area (Å²) in [7, 11) is 0. The van der Waals surface area contributed by atoms with Crippen LogP contribution in [0.25, 0.3) is 11.1 Å². The van der Waals surface area contributed by atoms with Crippen LogP contribution in [0.4, 0.5) is 0 Å². The number of rotatable bonds is 0. The Morgan fingerprint density at radius 1 is 0.941 bits per heavy atom. The van der Waals surface area contributed by atoms with E-state index >= 15 is 0 Å². The van der Waals surface area contributed by atoms with Gasteiger partial charge in [-0.15, -0.1) is 6.42 Å². The van der Waals surface area contributed by atoms with Crippen LogP contribution in [0, 0.1) is 12.3 Å². The van der Waals surface area contributed by atoms with Gasteiger partial charge in [0.25, 0.3) is 0 Å². The number of hydrogen-bond donors (Lipinski definition) is 0. The molecular weight excluding hydrogens is 204 g/mol. The zero-order valence-electron chi connectivity index (χ0n) is 10.1. The molecule has 1 aliphatic carbocycles. The predicted molar refractivity (Wildman–Crippen MR) is 71.9 cm³/mol. The average Bonchev–Trinajstić information content (AvgIpc) is 2.60. The maximum atomic E-state index is 5.63. The lowest BCUT2D eigenvalue weighted by Gasteiger charge is -2.22. The second kappa shape index (κ2) is 3.25. The maximum Gasteiger partial charge on any atom is 0.0289 e. The third kappa shape index (κ3) is 1.20. The van der Waals surface area contributed by atoms with Crippen molar-refractivity contribution >= 4 is 0 Å². The van der Waals surface area contributed by atoms with Crippen LogP contribution in [0.5, 0.6) is 0 Å². The minimum Gasteiger partial charge on any atom is -0.115 e. The Hall–Kier alpha value is -2.00. The van der Waals surface area contributed by atoms with Crippen molar-refractivity contribution in [3.63, 3.8) is 0 Å². The molecule has 0 saturated heterocycles. The van der Waals surface area contributed by atoms with Gasteiger partial charge in [-0.1, -0.05) is 56.2 Å². The molecule has 17 heavy (non-hydrogen) atoms. The number of terminal acetylenes is 1. The van der Waals surface area contributed by atoms with Crippen molar-refractivity contribution in [1.29, 1.82) is 0 Å². The topological polar surface area (TPSA) is 0 Å². The van der Waals surface area contributed by atoms with E-state index in [1.165, 1.54) is 22.3 Å². The SMILES string of the molecule is C#Cc1cccc2c1C(C)(C)c1ccccc1-2. The zero-order chi connectivity index (χ0) is 12.0. The highest BCUT2D eigenvalue weighted by Gasteiger charge is 2.36. The van der Waals surface area contributed by atoms with E-state index in [1.54, 1.807) is 0 Å². The maximum absolute atomic E-state index is 5.63. The normalized spacial score (nSPS) is 14.9. The van der Waals surface area contributed by atoms with E-state index < -0.39 is 0 Å². The van der Waals surface area contributed by atoms with Crippen LogP contribution >= 0.6 is 0 Å². The van der Waals surface area contributed by atoms with Gasteiger partial charge in [-0.3, -0.25) is 0 Å². The van der Waals surface area contributed by atoms with Gasteiger partial charge in [0.1, 0.15) is 0 Å². The molecule has 2 aromatic rings. The van der Waals surface area contributed by atoms with Crippen LogP contribution in [0.15, 0.2) is 42.5 Å². The van der Waals surface area contributed by atoms with Gasteiger partial charge in [-0.2, -0.15) is 0 Å². The molecule has 0 atom stereocenters. The molecular formula is C17H14. The van der Waals surface area contributed by atoms with E-state index in [-0.39, 0.29) is 5.41 Å². The van der Waals surface area contributed by atoms with E-state index in [1.807, 2.05) is 12.1 Å². The van der Waals surface area contributed by atoms with E-state index in [0.717, 1.165) is 5.56 Å². The van der Waals surface area contributed by atoms with E-state index in [4.69, 9.17) is 6.42 Å². The molecule has 3 rings (SSSR count). The molecule has 0 aromatic heterocycles. The minimum atomic E-state index is 0.00882. The molecule has 0 radical (unpaired) electrons. The molecule has 0 bridgehead atoms. The summed E-state index contributed by atoms with van der Waals surface area (Å²) >= 11 is 0. The van der Waals surface area contributed by atoms with Crippen LogP contribution in [0.1, 0.15) is 30.5 Å². The summed E-state index contributed by atoms with van der Waals surface area (Å²) in [5.41, 5.74) is 6.31. The van der Waals surface area contributed by atoms with Gasteiger partial charge in [-0.25, -0.2) is 0 Å². The Kier molecular flexibility index (Phi) is 1.94. The monoisotopic (exact) mass is 218 g/mol. The molecule has 0 nitrogen and oxygen atoms in total. The van der Waals surface area contributed by atoms with Gasteiger partial charge < -0.3 is 0 Å². The van der Waals surface area contributed by atoms with Crippen LogP contribution in [0.3, 0.4) is 0 Å². The van der Waals surface area contributed by atoms with E-state index in [2.05, 4.69) is 50.1 Å². The molecule has 0 heteroatoms. The minimum absolute atomic E-state index is 0.00882. The Morgan fingerprint density at radius 2 is 1.65 bits per heavy atom. The van der Waals surface area contributed by atoms with Crippen molar-refractivity contribution < 1.29 is 0 Å². The fraction of sp³-hybridized carbons (Fsp3) is 0.176. The fourth-order valence-corrected chi connectivity index (χ4v) is 2.97. The van der Waals surface area contributed by atoms with Crippen LogP contribution in [0.2, 0.25) is 0 Å². The highest BCUT2D eigenvalue weighted by molar-refractivity contribution is 5.82. The molecule has 0 aliphatic heterocycles. The Bertz CT molecular complexity index is 639. The highest BCUT2D eigenvalue weighted by atomic mass is 14.4. The lowest BCUT2D eigenvalue weighted by atomic mass is 9.80. The summed E-state index contributed by atoms with van der Waals surface area (Å²) in [6.07, 6.45) is 5.63. The molecule has 0 saturated carbocycles. The summed E-state index contributed by atoms with van der Waals surface area (Å²) in [6, 6.07) is 14.8. The van der Waals surface area contributed by atoms with E-state index in [0.29, 0.717) is 0 Å². The molecule has 0 fully saturated rings. The smallest absolute Gasteiger partial charge is 0.0289 e. The largest absolute Gasteiger partial charge is 0.115 e. The lowest BCUT2D eigenvalue weighted by Crippen LogP contribution is -2.16.